The van der Waals surface area contributed by atoms with Gasteiger partial charge in [-0.25, -0.2) is 0 Å². The molecule has 1 saturated heterocycles. The lowest BCUT2D eigenvalue weighted by atomic mass is 9.85. The molecule has 22 heteroatoms. The highest BCUT2D eigenvalue weighted by atomic mass is 19.4. The molecule has 0 N–H and O–H groups in total. The zero-order valence-electron chi connectivity index (χ0n) is 15.5. The standard InChI is InChI=1S/C13H5F21O/c1-2-3(35-2)4(14,15)5(16,17)6(18,19)7(20,21)8(22,23)9(24,25)10(26,27)11(28,29)12(30,31)13(32,33)34/h2-3H,1H3. The first-order valence-corrected chi connectivity index (χ1v) is 7.89. The first-order chi connectivity index (χ1) is 14.8. The maximum absolute atomic E-state index is 13.5. The van der Waals surface area contributed by atoms with Crippen molar-refractivity contribution in [2.45, 2.75) is 78.6 Å². The minimum absolute atomic E-state index is 0.372. The highest BCUT2D eigenvalue weighted by Crippen LogP contribution is 2.66. The van der Waals surface area contributed by atoms with E-state index in [1.807, 2.05) is 0 Å². The monoisotopic (exact) mass is 576 g/mol. The minimum Gasteiger partial charge on any atom is -0.363 e. The summed E-state index contributed by atoms with van der Waals surface area (Å²) in [7, 11) is 0. The van der Waals surface area contributed by atoms with Crippen molar-refractivity contribution in [2.75, 3.05) is 0 Å². The van der Waals surface area contributed by atoms with E-state index in [9.17, 15) is 92.2 Å². The van der Waals surface area contributed by atoms with Crippen LogP contribution in [0.4, 0.5) is 92.2 Å². The molecule has 0 aromatic rings. The summed E-state index contributed by atoms with van der Waals surface area (Å²) in [6.07, 6.45) is -13.7. The zero-order chi connectivity index (χ0) is 28.9. The Kier molecular flexibility index (Phi) is 6.76. The fraction of sp³-hybridized carbons (Fsp3) is 1.00. The summed E-state index contributed by atoms with van der Waals surface area (Å²) in [4.78, 5) is 0. The second-order valence-corrected chi connectivity index (χ2v) is 6.98. The second-order valence-electron chi connectivity index (χ2n) is 6.98. The van der Waals surface area contributed by atoms with Crippen LogP contribution in [0.25, 0.3) is 0 Å². The maximum atomic E-state index is 13.5. The average molecular weight is 576 g/mol. The molecule has 1 aliphatic heterocycles. The van der Waals surface area contributed by atoms with Crippen LogP contribution in [-0.4, -0.2) is 71.7 Å². The third-order valence-electron chi connectivity index (χ3n) is 4.60. The molecule has 0 bridgehead atoms. The summed E-state index contributed by atoms with van der Waals surface area (Å²) in [6.45, 7) is 0.372. The molecule has 210 valence electrons. The molecule has 1 rings (SSSR count). The van der Waals surface area contributed by atoms with Gasteiger partial charge in [0.15, 0.2) is 6.10 Å². The van der Waals surface area contributed by atoms with Gasteiger partial charge in [0, 0.05) is 0 Å². The minimum atomic E-state index is -9.15. The first kappa shape index (κ1) is 31.5. The molecular formula is C13H5F21O. The van der Waals surface area contributed by atoms with Gasteiger partial charge in [-0.15, -0.1) is 0 Å². The van der Waals surface area contributed by atoms with Gasteiger partial charge in [-0.3, -0.25) is 0 Å². The van der Waals surface area contributed by atoms with Gasteiger partial charge < -0.3 is 4.74 Å². The van der Waals surface area contributed by atoms with Crippen molar-refractivity contribution in [2.24, 2.45) is 0 Å². The van der Waals surface area contributed by atoms with Crippen LogP contribution in [-0.2, 0) is 4.74 Å². The number of hydrogen-bond donors (Lipinski definition) is 0. The number of rotatable bonds is 9. The van der Waals surface area contributed by atoms with E-state index >= 15 is 0 Å². The predicted octanol–water partition coefficient (Wildman–Crippen LogP) is 7.05. The molecule has 0 aliphatic carbocycles. The van der Waals surface area contributed by atoms with Crippen LogP contribution in [0.15, 0.2) is 0 Å². The summed E-state index contributed by atoms with van der Waals surface area (Å²) >= 11 is 0. The Bertz CT molecular complexity index is 807. The van der Waals surface area contributed by atoms with Gasteiger partial charge >= 0.3 is 59.5 Å². The molecule has 1 heterocycles. The summed E-state index contributed by atoms with van der Waals surface area (Å²) < 4.78 is 279. The third-order valence-corrected chi connectivity index (χ3v) is 4.60. The van der Waals surface area contributed by atoms with E-state index in [1.165, 1.54) is 0 Å². The summed E-state index contributed by atoms with van der Waals surface area (Å²) in [5.74, 6) is -76.7. The lowest BCUT2D eigenvalue weighted by Gasteiger charge is -2.44. The zero-order valence-corrected chi connectivity index (χ0v) is 15.5. The van der Waals surface area contributed by atoms with Gasteiger partial charge in [-0.2, -0.15) is 92.2 Å². The van der Waals surface area contributed by atoms with E-state index in [4.69, 9.17) is 0 Å². The molecular weight excluding hydrogens is 571 g/mol. The molecule has 35 heavy (non-hydrogen) atoms. The number of halogens is 21. The summed E-state index contributed by atoms with van der Waals surface area (Å²) in [5, 5.41) is 0. The first-order valence-electron chi connectivity index (χ1n) is 7.89. The Morgan fingerprint density at radius 2 is 0.571 bits per heavy atom. The highest BCUT2D eigenvalue weighted by molar-refractivity contribution is 5.19. The SMILES string of the molecule is CC1OC1C(F)(F)C(F)(F)C(F)(F)C(F)(F)C(F)(F)C(F)(F)C(F)(F)C(F)(F)C(F)(F)C(F)(F)F. The summed E-state index contributed by atoms with van der Waals surface area (Å²) in [5.41, 5.74) is 0. The highest BCUT2D eigenvalue weighted by Gasteiger charge is 2.98. The Hall–Kier alpha value is -1.51. The van der Waals surface area contributed by atoms with Crippen molar-refractivity contribution < 1.29 is 96.9 Å². The van der Waals surface area contributed by atoms with Gasteiger partial charge in [-0.1, -0.05) is 0 Å². The van der Waals surface area contributed by atoms with Crippen molar-refractivity contribution in [1.82, 2.24) is 0 Å². The van der Waals surface area contributed by atoms with Crippen molar-refractivity contribution >= 4 is 0 Å². The smallest absolute Gasteiger partial charge is 0.363 e. The van der Waals surface area contributed by atoms with Crippen LogP contribution in [0, 0.1) is 0 Å². The number of epoxide rings is 1. The van der Waals surface area contributed by atoms with Crippen molar-refractivity contribution in [1.29, 1.82) is 0 Å². The Labute approximate surface area is 177 Å². The lowest BCUT2D eigenvalue weighted by molar-refractivity contribution is -0.474. The normalized spacial score (nSPS) is 22.5. The molecule has 1 nitrogen and oxygen atoms in total. The van der Waals surface area contributed by atoms with Crippen molar-refractivity contribution in [3.63, 3.8) is 0 Å². The Balaban J connectivity index is 3.72. The second kappa shape index (κ2) is 7.51. The van der Waals surface area contributed by atoms with E-state index in [2.05, 4.69) is 4.74 Å². The van der Waals surface area contributed by atoms with Crippen LogP contribution in [0.5, 0.6) is 0 Å². The number of hydrogen-bond acceptors (Lipinski definition) is 1. The maximum Gasteiger partial charge on any atom is 0.460 e. The largest absolute Gasteiger partial charge is 0.460 e. The predicted molar refractivity (Wildman–Crippen MR) is 64.9 cm³/mol. The Morgan fingerprint density at radius 3 is 0.771 bits per heavy atom. The summed E-state index contributed by atoms with van der Waals surface area (Å²) in [6, 6.07) is 0. The van der Waals surface area contributed by atoms with Gasteiger partial charge in [0.05, 0.1) is 6.10 Å². The lowest BCUT2D eigenvalue weighted by Crippen LogP contribution is -2.77. The van der Waals surface area contributed by atoms with Gasteiger partial charge in [-0.05, 0) is 6.92 Å². The molecule has 0 aromatic heterocycles. The topological polar surface area (TPSA) is 12.5 Å². The van der Waals surface area contributed by atoms with Gasteiger partial charge in [0.1, 0.15) is 0 Å². The van der Waals surface area contributed by atoms with Gasteiger partial charge in [0.2, 0.25) is 0 Å². The van der Waals surface area contributed by atoms with Crippen LogP contribution in [0.3, 0.4) is 0 Å². The molecule has 0 amide bonds. The van der Waals surface area contributed by atoms with Crippen LogP contribution in [0.1, 0.15) is 6.92 Å². The van der Waals surface area contributed by atoms with Gasteiger partial charge in [0.25, 0.3) is 0 Å². The van der Waals surface area contributed by atoms with E-state index in [1.54, 1.807) is 0 Å². The molecule has 0 radical (unpaired) electrons. The Morgan fingerprint density at radius 1 is 0.371 bits per heavy atom. The van der Waals surface area contributed by atoms with Crippen LogP contribution >= 0.6 is 0 Å². The molecule has 1 fully saturated rings. The van der Waals surface area contributed by atoms with E-state index in [0.29, 0.717) is 6.92 Å². The molecule has 0 saturated carbocycles. The van der Waals surface area contributed by atoms with Crippen LogP contribution in [0.2, 0.25) is 0 Å². The third kappa shape index (κ3) is 3.61. The molecule has 2 unspecified atom stereocenters. The van der Waals surface area contributed by atoms with Crippen molar-refractivity contribution in [3.8, 4) is 0 Å². The van der Waals surface area contributed by atoms with Crippen LogP contribution < -0.4 is 0 Å². The molecule has 0 aromatic carbocycles. The average Bonchev–Trinajstić information content (AvgIpc) is 3.36. The van der Waals surface area contributed by atoms with E-state index < -0.39 is 71.7 Å². The quantitative estimate of drug-likeness (QED) is 0.212. The van der Waals surface area contributed by atoms with E-state index in [0.717, 1.165) is 0 Å². The van der Waals surface area contributed by atoms with Crippen molar-refractivity contribution in [3.05, 3.63) is 0 Å². The molecule has 2 atom stereocenters. The fourth-order valence-corrected chi connectivity index (χ4v) is 2.32. The van der Waals surface area contributed by atoms with E-state index in [-0.39, 0.29) is 0 Å². The molecule has 1 aliphatic rings. The number of ether oxygens (including phenoxy) is 1. The number of alkyl halides is 21. The fourth-order valence-electron chi connectivity index (χ4n) is 2.32. The molecule has 0 spiro atoms.